The molecule has 0 aromatic carbocycles. The highest BCUT2D eigenvalue weighted by atomic mass is 35.5. The Balaban J connectivity index is 2.89. The summed E-state index contributed by atoms with van der Waals surface area (Å²) >= 11 is 5.66. The van der Waals surface area contributed by atoms with Gasteiger partial charge in [-0.15, -0.1) is 6.58 Å². The van der Waals surface area contributed by atoms with Gasteiger partial charge in [0.05, 0.1) is 13.4 Å². The zero-order chi connectivity index (χ0) is 12.8. The largest absolute Gasteiger partial charge is 0.489 e. The summed E-state index contributed by atoms with van der Waals surface area (Å²) in [6, 6.07) is 0. The third-order valence-electron chi connectivity index (χ3n) is 1.91. The van der Waals surface area contributed by atoms with Crippen molar-refractivity contribution in [1.29, 1.82) is 0 Å². The highest BCUT2D eigenvalue weighted by Crippen LogP contribution is 2.14. The van der Waals surface area contributed by atoms with Gasteiger partial charge in [-0.3, -0.25) is 14.2 Å². The molecule has 0 saturated carbocycles. The number of carbonyl (C=O) groups excluding carboxylic acids is 1. The average molecular weight is 258 g/mol. The van der Waals surface area contributed by atoms with Gasteiger partial charge in [-0.2, -0.15) is 0 Å². The Kier molecular flexibility index (Phi) is 4.71. The maximum Gasteiger partial charge on any atom is 0.297 e. The second-order valence-electron chi connectivity index (χ2n) is 3.09. The molecule has 17 heavy (non-hydrogen) atoms. The Morgan fingerprint density at radius 2 is 2.47 bits per heavy atom. The van der Waals surface area contributed by atoms with Crippen LogP contribution in [-0.4, -0.2) is 29.1 Å². The molecule has 7 heteroatoms. The molecule has 0 aliphatic heterocycles. The minimum absolute atomic E-state index is 0.0275. The SMILES string of the molecule is C=CCNC(=O)Cn1cnc(Cl)c(OC)c1=O. The van der Waals surface area contributed by atoms with Crippen LogP contribution in [0.4, 0.5) is 0 Å². The molecule has 0 bridgehead atoms. The van der Waals surface area contributed by atoms with Crippen LogP contribution in [0.25, 0.3) is 0 Å². The fourth-order valence-corrected chi connectivity index (χ4v) is 1.33. The molecule has 0 radical (unpaired) electrons. The molecule has 6 nitrogen and oxygen atoms in total. The first-order chi connectivity index (χ1) is 8.10. The number of aromatic nitrogens is 2. The average Bonchev–Trinajstić information content (AvgIpc) is 2.31. The van der Waals surface area contributed by atoms with Crippen LogP contribution in [0.15, 0.2) is 23.8 Å². The van der Waals surface area contributed by atoms with Gasteiger partial charge >= 0.3 is 0 Å². The molecule has 0 atom stereocenters. The van der Waals surface area contributed by atoms with Crippen LogP contribution in [0.1, 0.15) is 0 Å². The third-order valence-corrected chi connectivity index (χ3v) is 2.18. The minimum atomic E-state index is -0.499. The van der Waals surface area contributed by atoms with E-state index >= 15 is 0 Å². The van der Waals surface area contributed by atoms with Crippen LogP contribution in [-0.2, 0) is 11.3 Å². The highest BCUT2D eigenvalue weighted by Gasteiger charge is 2.12. The number of nitrogens with one attached hydrogen (secondary N) is 1. The molecule has 1 aromatic heterocycles. The highest BCUT2D eigenvalue weighted by molar-refractivity contribution is 6.30. The van der Waals surface area contributed by atoms with Crippen molar-refractivity contribution in [3.05, 3.63) is 34.5 Å². The summed E-state index contributed by atoms with van der Waals surface area (Å²) in [5.74, 6) is -0.399. The molecule has 0 aliphatic carbocycles. The van der Waals surface area contributed by atoms with E-state index in [9.17, 15) is 9.59 Å². The fourth-order valence-electron chi connectivity index (χ4n) is 1.13. The van der Waals surface area contributed by atoms with E-state index in [1.165, 1.54) is 13.4 Å². The number of hydrogen-bond donors (Lipinski definition) is 1. The molecule has 0 spiro atoms. The van der Waals surface area contributed by atoms with Crippen molar-refractivity contribution in [2.24, 2.45) is 0 Å². The van der Waals surface area contributed by atoms with Crippen LogP contribution < -0.4 is 15.6 Å². The van der Waals surface area contributed by atoms with Crippen LogP contribution in [0.3, 0.4) is 0 Å². The number of amides is 1. The van der Waals surface area contributed by atoms with E-state index in [-0.39, 0.29) is 23.4 Å². The fraction of sp³-hybridized carbons (Fsp3) is 0.300. The van der Waals surface area contributed by atoms with Crippen molar-refractivity contribution in [2.45, 2.75) is 6.54 Å². The molecule has 1 aromatic rings. The van der Waals surface area contributed by atoms with Crippen LogP contribution in [0.2, 0.25) is 5.15 Å². The van der Waals surface area contributed by atoms with Crippen LogP contribution in [0.5, 0.6) is 5.75 Å². The lowest BCUT2D eigenvalue weighted by atomic mass is 10.5. The Morgan fingerprint density at radius 1 is 1.76 bits per heavy atom. The lowest BCUT2D eigenvalue weighted by Gasteiger charge is -2.07. The van der Waals surface area contributed by atoms with Gasteiger partial charge in [-0.25, -0.2) is 4.98 Å². The lowest BCUT2D eigenvalue weighted by Crippen LogP contribution is -2.32. The summed E-state index contributed by atoms with van der Waals surface area (Å²) < 4.78 is 5.92. The first-order valence-electron chi connectivity index (χ1n) is 4.76. The van der Waals surface area contributed by atoms with Crippen LogP contribution in [0, 0.1) is 0 Å². The number of rotatable bonds is 5. The quantitative estimate of drug-likeness (QED) is 0.604. The first-order valence-corrected chi connectivity index (χ1v) is 5.14. The van der Waals surface area contributed by atoms with Gasteiger partial charge in [0, 0.05) is 6.54 Å². The van der Waals surface area contributed by atoms with E-state index in [2.05, 4.69) is 16.9 Å². The van der Waals surface area contributed by atoms with Gasteiger partial charge in [0.2, 0.25) is 11.7 Å². The molecule has 0 fully saturated rings. The van der Waals surface area contributed by atoms with E-state index in [0.717, 1.165) is 4.57 Å². The minimum Gasteiger partial charge on any atom is -0.489 e. The predicted octanol–water partition coefficient (Wildman–Crippen LogP) is 0.207. The molecule has 1 amide bonds. The maximum absolute atomic E-state index is 11.7. The molecule has 0 unspecified atom stereocenters. The Hall–Kier alpha value is -1.82. The summed E-state index contributed by atoms with van der Waals surface area (Å²) in [6.07, 6.45) is 2.74. The Bertz CT molecular complexity index is 484. The molecule has 1 heterocycles. The van der Waals surface area contributed by atoms with Crippen molar-refractivity contribution in [3.63, 3.8) is 0 Å². The number of nitrogens with zero attached hydrogens (tertiary/aromatic N) is 2. The Morgan fingerprint density at radius 3 is 3.06 bits per heavy atom. The van der Waals surface area contributed by atoms with Crippen molar-refractivity contribution in [1.82, 2.24) is 14.9 Å². The number of ether oxygens (including phenoxy) is 1. The summed E-state index contributed by atoms with van der Waals surface area (Å²) in [6.45, 7) is 3.66. The summed E-state index contributed by atoms with van der Waals surface area (Å²) in [4.78, 5) is 26.9. The van der Waals surface area contributed by atoms with Crippen molar-refractivity contribution in [2.75, 3.05) is 13.7 Å². The predicted molar refractivity (Wildman–Crippen MR) is 63.3 cm³/mol. The first kappa shape index (κ1) is 13.2. The molecular formula is C10H12ClN3O3. The van der Waals surface area contributed by atoms with E-state index in [1.807, 2.05) is 0 Å². The van der Waals surface area contributed by atoms with E-state index < -0.39 is 5.56 Å². The smallest absolute Gasteiger partial charge is 0.297 e. The standard InChI is InChI=1S/C10H12ClN3O3/c1-3-4-12-7(15)5-14-6-13-9(11)8(17-2)10(14)16/h3,6H,1,4-5H2,2H3,(H,12,15). The second kappa shape index (κ2) is 6.05. The Labute approximate surface area is 103 Å². The monoisotopic (exact) mass is 257 g/mol. The van der Waals surface area contributed by atoms with Crippen molar-refractivity contribution in [3.8, 4) is 5.75 Å². The third kappa shape index (κ3) is 3.32. The molecule has 1 N–H and O–H groups in total. The topological polar surface area (TPSA) is 73.2 Å². The van der Waals surface area contributed by atoms with Gasteiger partial charge < -0.3 is 10.1 Å². The van der Waals surface area contributed by atoms with Gasteiger partial charge in [0.1, 0.15) is 6.54 Å². The number of hydrogen-bond acceptors (Lipinski definition) is 4. The molecule has 1 rings (SSSR count). The van der Waals surface area contributed by atoms with E-state index in [4.69, 9.17) is 16.3 Å². The summed E-state index contributed by atoms with van der Waals surface area (Å²) in [5.41, 5.74) is -0.499. The van der Waals surface area contributed by atoms with Gasteiger partial charge in [-0.1, -0.05) is 17.7 Å². The zero-order valence-electron chi connectivity index (χ0n) is 9.27. The number of halogens is 1. The zero-order valence-corrected chi connectivity index (χ0v) is 10.0. The molecular weight excluding hydrogens is 246 g/mol. The number of carbonyl (C=O) groups is 1. The van der Waals surface area contributed by atoms with Crippen molar-refractivity contribution < 1.29 is 9.53 Å². The normalized spacial score (nSPS) is 9.76. The second-order valence-corrected chi connectivity index (χ2v) is 3.45. The van der Waals surface area contributed by atoms with Crippen LogP contribution >= 0.6 is 11.6 Å². The molecule has 0 aliphatic rings. The van der Waals surface area contributed by atoms with E-state index in [0.29, 0.717) is 6.54 Å². The summed E-state index contributed by atoms with van der Waals surface area (Å²) in [5, 5.41) is 2.51. The van der Waals surface area contributed by atoms with E-state index in [1.54, 1.807) is 6.08 Å². The lowest BCUT2D eigenvalue weighted by molar-refractivity contribution is -0.121. The number of methoxy groups -OCH3 is 1. The summed E-state index contributed by atoms with van der Waals surface area (Å²) in [7, 11) is 1.31. The van der Waals surface area contributed by atoms with Gasteiger partial charge in [-0.05, 0) is 0 Å². The van der Waals surface area contributed by atoms with Crippen molar-refractivity contribution >= 4 is 17.5 Å². The molecule has 92 valence electrons. The maximum atomic E-state index is 11.7. The molecule has 0 saturated heterocycles. The van der Waals surface area contributed by atoms with Gasteiger partial charge in [0.15, 0.2) is 5.15 Å². The van der Waals surface area contributed by atoms with Gasteiger partial charge in [0.25, 0.3) is 5.56 Å².